The van der Waals surface area contributed by atoms with Crippen molar-refractivity contribution in [3.63, 3.8) is 0 Å². The zero-order valence-electron chi connectivity index (χ0n) is 18.9. The molecule has 0 radical (unpaired) electrons. The summed E-state index contributed by atoms with van der Waals surface area (Å²) in [6.45, 7) is 0. The van der Waals surface area contributed by atoms with E-state index in [1.807, 2.05) is 31.4 Å². The highest BCUT2D eigenvalue weighted by atomic mass is 32.2. The number of halogens is 2. The number of benzene rings is 2. The van der Waals surface area contributed by atoms with Crippen LogP contribution in [0.15, 0.2) is 61.2 Å². The number of aromatic nitrogens is 6. The zero-order valence-corrected chi connectivity index (χ0v) is 19.8. The molecule has 2 aromatic carbocycles. The van der Waals surface area contributed by atoms with Crippen molar-refractivity contribution < 1.29 is 17.2 Å². The molecule has 1 N–H and O–H groups in total. The maximum Gasteiger partial charge on any atom is 0.202 e. The van der Waals surface area contributed by atoms with E-state index >= 15 is 0 Å². The van der Waals surface area contributed by atoms with Crippen LogP contribution in [-0.2, 0) is 23.5 Å². The third-order valence-corrected chi connectivity index (χ3v) is 6.85. The maximum atomic E-state index is 14.7. The molecule has 1 aliphatic rings. The fourth-order valence-electron chi connectivity index (χ4n) is 4.24. The number of imidazole rings is 1. The summed E-state index contributed by atoms with van der Waals surface area (Å²) < 4.78 is 57.1. The highest BCUT2D eigenvalue weighted by Gasteiger charge is 2.48. The summed E-state index contributed by atoms with van der Waals surface area (Å²) in [5, 5.41) is 4.21. The average Bonchev–Trinajstić information content (AvgIpc) is 3.28. The molecule has 9 nitrogen and oxygen atoms in total. The number of fused-ring (bicyclic) bond motifs is 1. The Bertz CT molecular complexity index is 1720. The third-order valence-electron chi connectivity index (χ3n) is 6.24. The van der Waals surface area contributed by atoms with Gasteiger partial charge in [-0.3, -0.25) is 9.25 Å². The summed E-state index contributed by atoms with van der Waals surface area (Å²) in [7, 11) is -1.07. The molecule has 1 saturated carbocycles. The van der Waals surface area contributed by atoms with E-state index in [4.69, 9.17) is 0 Å². The molecule has 0 saturated heterocycles. The van der Waals surface area contributed by atoms with Crippen molar-refractivity contribution in [2.24, 2.45) is 7.05 Å². The van der Waals surface area contributed by atoms with Crippen LogP contribution >= 0.6 is 0 Å². The molecule has 3 heterocycles. The smallest absolute Gasteiger partial charge is 0.202 e. The number of hydrogen-bond acceptors (Lipinski definition) is 6. The molecular weight excluding hydrogens is 488 g/mol. The summed E-state index contributed by atoms with van der Waals surface area (Å²) >= 11 is 0. The molecule has 36 heavy (non-hydrogen) atoms. The van der Waals surface area contributed by atoms with E-state index < -0.39 is 28.1 Å². The van der Waals surface area contributed by atoms with Crippen LogP contribution in [0.5, 0.6) is 0 Å². The van der Waals surface area contributed by atoms with E-state index in [1.54, 1.807) is 27.8 Å². The summed E-state index contributed by atoms with van der Waals surface area (Å²) in [4.78, 5) is 13.6. The standard InChI is InChI=1S/C24H19F2N7O2S/c1-32-12-15(11-28-32)14-2-5-21-20(8-14)27-13-33(21)22-10-19(17-4-3-16(25)9-18(17)26)29-23(30-22)24(6-7-24)31-36(34)35/h2-5,8-13,36H,6-7H2,1H3,(H,31,34,35). The Morgan fingerprint density at radius 1 is 1.03 bits per heavy atom. The summed E-state index contributed by atoms with van der Waals surface area (Å²) in [6, 6.07) is 10.6. The first kappa shape index (κ1) is 22.4. The number of nitrogens with one attached hydrogen (secondary N) is 1. The Balaban J connectivity index is 1.51. The average molecular weight is 508 g/mol. The lowest BCUT2D eigenvalue weighted by Gasteiger charge is -2.16. The molecule has 6 rings (SSSR count). The van der Waals surface area contributed by atoms with Gasteiger partial charge in [-0.1, -0.05) is 6.07 Å². The number of aryl methyl sites for hydroxylation is 1. The van der Waals surface area contributed by atoms with Crippen LogP contribution in [0.3, 0.4) is 0 Å². The monoisotopic (exact) mass is 507 g/mol. The van der Waals surface area contributed by atoms with Gasteiger partial charge in [0.25, 0.3) is 0 Å². The molecule has 5 aromatic rings. The van der Waals surface area contributed by atoms with Crippen molar-refractivity contribution in [1.82, 2.24) is 34.0 Å². The van der Waals surface area contributed by atoms with Crippen LogP contribution in [0.4, 0.5) is 8.78 Å². The minimum absolute atomic E-state index is 0.0758. The number of thiol groups is 1. The predicted octanol–water partition coefficient (Wildman–Crippen LogP) is 3.27. The molecule has 0 aliphatic heterocycles. The van der Waals surface area contributed by atoms with Gasteiger partial charge in [0.05, 0.1) is 28.5 Å². The Kier molecular flexibility index (Phi) is 5.16. The van der Waals surface area contributed by atoms with Crippen molar-refractivity contribution in [2.75, 3.05) is 0 Å². The lowest BCUT2D eigenvalue weighted by Crippen LogP contribution is -2.30. The van der Waals surface area contributed by atoms with Crippen molar-refractivity contribution >= 4 is 21.9 Å². The first-order valence-electron chi connectivity index (χ1n) is 11.0. The van der Waals surface area contributed by atoms with E-state index in [0.717, 1.165) is 28.8 Å². The molecule has 182 valence electrons. The van der Waals surface area contributed by atoms with Crippen molar-refractivity contribution in [3.05, 3.63) is 78.6 Å². The maximum absolute atomic E-state index is 14.7. The quantitative estimate of drug-likeness (QED) is 0.342. The fraction of sp³-hybridized carbons (Fsp3) is 0.167. The number of hydrogen-bond donors (Lipinski definition) is 2. The molecule has 0 spiro atoms. The SMILES string of the molecule is Cn1cc(-c2ccc3c(c2)ncn3-c2cc(-c3ccc(F)cc3F)nc(C3(N[SH](=O)=O)CC3)n2)cn1. The largest absolute Gasteiger partial charge is 0.283 e. The molecule has 1 aliphatic carbocycles. The Morgan fingerprint density at radius 2 is 1.86 bits per heavy atom. The second kappa shape index (κ2) is 8.28. The van der Waals surface area contributed by atoms with Gasteiger partial charge in [0.15, 0.2) is 5.82 Å². The number of nitrogens with zero attached hydrogens (tertiary/aromatic N) is 6. The second-order valence-corrected chi connectivity index (χ2v) is 9.47. The Morgan fingerprint density at radius 3 is 2.56 bits per heavy atom. The third kappa shape index (κ3) is 3.93. The molecule has 0 bridgehead atoms. The summed E-state index contributed by atoms with van der Waals surface area (Å²) in [5.41, 5.74) is 2.65. The Labute approximate surface area is 205 Å². The van der Waals surface area contributed by atoms with Gasteiger partial charge in [-0.05, 0) is 42.7 Å². The minimum atomic E-state index is -2.91. The lowest BCUT2D eigenvalue weighted by atomic mass is 10.1. The zero-order chi connectivity index (χ0) is 25.0. The molecule has 0 atom stereocenters. The molecular formula is C24H19F2N7O2S. The summed E-state index contributed by atoms with van der Waals surface area (Å²) in [5.74, 6) is -0.898. The first-order valence-corrected chi connectivity index (χ1v) is 12.2. The fourth-order valence-corrected chi connectivity index (χ4v) is 4.91. The molecule has 1 fully saturated rings. The molecule has 12 heteroatoms. The Hall–Kier alpha value is -4.03. The molecule has 3 aromatic heterocycles. The van der Waals surface area contributed by atoms with Crippen LogP contribution in [0.2, 0.25) is 0 Å². The van der Waals surface area contributed by atoms with Gasteiger partial charge >= 0.3 is 0 Å². The van der Waals surface area contributed by atoms with E-state index in [9.17, 15) is 17.2 Å². The highest BCUT2D eigenvalue weighted by molar-refractivity contribution is 7.70. The van der Waals surface area contributed by atoms with Gasteiger partial charge in [0.2, 0.25) is 10.9 Å². The summed E-state index contributed by atoms with van der Waals surface area (Å²) in [6.07, 6.45) is 6.27. The van der Waals surface area contributed by atoms with Gasteiger partial charge in [-0.2, -0.15) is 5.10 Å². The lowest BCUT2D eigenvalue weighted by molar-refractivity contribution is 0.554. The van der Waals surface area contributed by atoms with Gasteiger partial charge < -0.3 is 0 Å². The van der Waals surface area contributed by atoms with Crippen LogP contribution < -0.4 is 4.72 Å². The second-order valence-electron chi connectivity index (χ2n) is 8.73. The van der Waals surface area contributed by atoms with Crippen molar-refractivity contribution in [3.8, 4) is 28.2 Å². The minimum Gasteiger partial charge on any atom is -0.283 e. The van der Waals surface area contributed by atoms with Gasteiger partial charge in [0.1, 0.15) is 23.8 Å². The molecule has 0 unspecified atom stereocenters. The van der Waals surface area contributed by atoms with Crippen LogP contribution in [0.25, 0.3) is 39.2 Å². The van der Waals surface area contributed by atoms with Crippen LogP contribution in [0, 0.1) is 11.6 Å². The van der Waals surface area contributed by atoms with Crippen molar-refractivity contribution in [2.45, 2.75) is 18.4 Å². The van der Waals surface area contributed by atoms with Gasteiger partial charge in [0, 0.05) is 36.5 Å². The predicted molar refractivity (Wildman–Crippen MR) is 129 cm³/mol. The van der Waals surface area contributed by atoms with Crippen LogP contribution in [0.1, 0.15) is 18.7 Å². The van der Waals surface area contributed by atoms with Crippen molar-refractivity contribution in [1.29, 1.82) is 0 Å². The van der Waals surface area contributed by atoms with Crippen LogP contribution in [-0.4, -0.2) is 37.7 Å². The normalized spacial score (nSPS) is 14.6. The molecule has 0 amide bonds. The van der Waals surface area contributed by atoms with Gasteiger partial charge in [-0.25, -0.2) is 36.9 Å². The highest BCUT2D eigenvalue weighted by Crippen LogP contribution is 2.44. The van der Waals surface area contributed by atoms with E-state index in [-0.39, 0.29) is 17.1 Å². The van der Waals surface area contributed by atoms with E-state index in [1.165, 1.54) is 6.07 Å². The number of rotatable bonds is 6. The van der Waals surface area contributed by atoms with E-state index in [0.29, 0.717) is 24.2 Å². The van der Waals surface area contributed by atoms with Gasteiger partial charge in [-0.15, -0.1) is 0 Å². The topological polar surface area (TPSA) is 108 Å². The van der Waals surface area contributed by atoms with E-state index in [2.05, 4.69) is 24.8 Å². The first-order chi connectivity index (χ1) is 17.3.